The average Bonchev–Trinajstić information content (AvgIpc) is 2.90. The Morgan fingerprint density at radius 3 is 2.53 bits per heavy atom. The highest BCUT2D eigenvalue weighted by molar-refractivity contribution is 5.96. The van der Waals surface area contributed by atoms with Crippen LogP contribution in [0.3, 0.4) is 0 Å². The lowest BCUT2D eigenvalue weighted by Gasteiger charge is -2.01. The number of H-pyrrole nitrogens is 2. The molecule has 0 aliphatic carbocycles. The summed E-state index contributed by atoms with van der Waals surface area (Å²) in [5.41, 5.74) is 2.78. The van der Waals surface area contributed by atoms with E-state index in [1.165, 1.54) is 6.20 Å². The van der Waals surface area contributed by atoms with Crippen LogP contribution in [0.1, 0.15) is 11.5 Å². The van der Waals surface area contributed by atoms with Gasteiger partial charge in [-0.25, -0.2) is 4.98 Å². The monoisotopic (exact) mass is 265 g/mol. The highest BCUT2D eigenvalue weighted by Crippen LogP contribution is 2.33. The summed E-state index contributed by atoms with van der Waals surface area (Å²) >= 11 is 0. The molecule has 0 atom stereocenters. The minimum atomic E-state index is -4.46. The molecule has 0 aliphatic heterocycles. The molecule has 0 bridgehead atoms. The molecule has 3 rings (SSSR count). The molecule has 3 aromatic rings. The second-order valence-electron chi connectivity index (χ2n) is 4.31. The Hall–Kier alpha value is -2.24. The summed E-state index contributed by atoms with van der Waals surface area (Å²) in [6.45, 7) is 1.82. The van der Waals surface area contributed by atoms with Crippen molar-refractivity contribution in [2.45, 2.75) is 13.1 Å². The van der Waals surface area contributed by atoms with Crippen LogP contribution < -0.4 is 0 Å². The maximum atomic E-state index is 12.6. The van der Waals surface area contributed by atoms with Crippen LogP contribution in [-0.4, -0.2) is 15.0 Å². The Bertz CT molecular complexity index is 737. The molecule has 0 spiro atoms. The Morgan fingerprint density at radius 2 is 1.84 bits per heavy atom. The maximum Gasteiger partial charge on any atom is 0.449 e. The number of nitrogens with zero attached hydrogens (tertiary/aromatic N) is 1. The van der Waals surface area contributed by atoms with Gasteiger partial charge >= 0.3 is 6.18 Å². The zero-order valence-corrected chi connectivity index (χ0v) is 9.97. The number of hydrogen-bond donors (Lipinski definition) is 2. The number of nitrogens with one attached hydrogen (secondary N) is 2. The Morgan fingerprint density at radius 1 is 1.11 bits per heavy atom. The molecule has 0 saturated heterocycles. The smallest absolute Gasteiger partial charge is 0.358 e. The van der Waals surface area contributed by atoms with Crippen molar-refractivity contribution >= 4 is 10.9 Å². The van der Waals surface area contributed by atoms with Gasteiger partial charge in [-0.05, 0) is 13.0 Å². The van der Waals surface area contributed by atoms with Gasteiger partial charge in [0.1, 0.15) is 0 Å². The zero-order valence-electron chi connectivity index (χ0n) is 9.97. The van der Waals surface area contributed by atoms with Crippen LogP contribution in [0.4, 0.5) is 13.2 Å². The third kappa shape index (κ3) is 1.89. The second-order valence-corrected chi connectivity index (χ2v) is 4.31. The standard InChI is InChI=1S/C13H10F3N3/c1-7-11(8-4-2-3-5-9(8)18-7)10-6-17-12(19-10)13(14,15)16/h2-6,18H,1H3,(H,17,19). The van der Waals surface area contributed by atoms with Gasteiger partial charge in [0.2, 0.25) is 5.82 Å². The summed E-state index contributed by atoms with van der Waals surface area (Å²) in [5, 5.41) is 0.873. The summed E-state index contributed by atoms with van der Waals surface area (Å²) in [4.78, 5) is 8.87. The molecule has 6 heteroatoms. The minimum Gasteiger partial charge on any atom is -0.358 e. The van der Waals surface area contributed by atoms with Gasteiger partial charge in [-0.3, -0.25) is 0 Å². The first-order valence-corrected chi connectivity index (χ1v) is 5.66. The number of aryl methyl sites for hydroxylation is 1. The Kier molecular flexibility index (Phi) is 2.41. The van der Waals surface area contributed by atoms with E-state index >= 15 is 0 Å². The molecule has 98 valence electrons. The van der Waals surface area contributed by atoms with E-state index in [2.05, 4.69) is 15.0 Å². The molecule has 0 unspecified atom stereocenters. The maximum absolute atomic E-state index is 12.6. The van der Waals surface area contributed by atoms with Crippen LogP contribution in [0, 0.1) is 6.92 Å². The molecule has 19 heavy (non-hydrogen) atoms. The summed E-state index contributed by atoms with van der Waals surface area (Å²) < 4.78 is 37.7. The van der Waals surface area contributed by atoms with E-state index in [0.717, 1.165) is 22.2 Å². The number of rotatable bonds is 1. The van der Waals surface area contributed by atoms with E-state index in [9.17, 15) is 13.2 Å². The number of halogens is 3. The number of alkyl halides is 3. The van der Waals surface area contributed by atoms with Gasteiger partial charge in [0.05, 0.1) is 11.9 Å². The number of fused-ring (bicyclic) bond motifs is 1. The van der Waals surface area contributed by atoms with Crippen molar-refractivity contribution in [2.75, 3.05) is 0 Å². The number of aromatic amines is 2. The number of imidazole rings is 1. The van der Waals surface area contributed by atoms with Crippen LogP contribution in [0.15, 0.2) is 30.5 Å². The van der Waals surface area contributed by atoms with E-state index in [4.69, 9.17) is 0 Å². The highest BCUT2D eigenvalue weighted by atomic mass is 19.4. The van der Waals surface area contributed by atoms with E-state index in [0.29, 0.717) is 5.69 Å². The van der Waals surface area contributed by atoms with Crippen molar-refractivity contribution in [3.8, 4) is 11.3 Å². The number of hydrogen-bond acceptors (Lipinski definition) is 1. The molecule has 0 saturated carbocycles. The van der Waals surface area contributed by atoms with Crippen molar-refractivity contribution in [1.29, 1.82) is 0 Å². The molecule has 0 aliphatic rings. The fraction of sp³-hybridized carbons (Fsp3) is 0.154. The predicted octanol–water partition coefficient (Wildman–Crippen LogP) is 3.89. The number of para-hydroxylation sites is 1. The first-order chi connectivity index (χ1) is 8.97. The third-order valence-electron chi connectivity index (χ3n) is 3.01. The van der Waals surface area contributed by atoms with Crippen LogP contribution in [0.25, 0.3) is 22.2 Å². The lowest BCUT2D eigenvalue weighted by atomic mass is 10.1. The van der Waals surface area contributed by atoms with Crippen molar-refractivity contribution in [3.63, 3.8) is 0 Å². The van der Waals surface area contributed by atoms with E-state index in [1.807, 2.05) is 31.2 Å². The first-order valence-electron chi connectivity index (χ1n) is 5.66. The molecule has 3 nitrogen and oxygen atoms in total. The van der Waals surface area contributed by atoms with Crippen molar-refractivity contribution in [1.82, 2.24) is 15.0 Å². The summed E-state index contributed by atoms with van der Waals surface area (Å²) in [6, 6.07) is 7.46. The summed E-state index contributed by atoms with van der Waals surface area (Å²) in [7, 11) is 0. The van der Waals surface area contributed by atoms with E-state index < -0.39 is 12.0 Å². The normalized spacial score (nSPS) is 12.2. The van der Waals surface area contributed by atoms with Gasteiger partial charge in [-0.15, -0.1) is 0 Å². The van der Waals surface area contributed by atoms with Gasteiger partial charge in [-0.2, -0.15) is 13.2 Å². The molecule has 1 aromatic carbocycles. The minimum absolute atomic E-state index is 0.363. The molecule has 2 heterocycles. The van der Waals surface area contributed by atoms with Crippen LogP contribution in [0.2, 0.25) is 0 Å². The SMILES string of the molecule is Cc1[nH]c2ccccc2c1-c1cnc(C(F)(F)F)[nH]1. The van der Waals surface area contributed by atoms with Gasteiger partial charge in [-0.1, -0.05) is 18.2 Å². The zero-order chi connectivity index (χ0) is 13.6. The fourth-order valence-electron chi connectivity index (χ4n) is 2.22. The van der Waals surface area contributed by atoms with Crippen LogP contribution >= 0.6 is 0 Å². The van der Waals surface area contributed by atoms with Crippen LogP contribution in [-0.2, 0) is 6.18 Å². The predicted molar refractivity (Wildman–Crippen MR) is 65.6 cm³/mol. The average molecular weight is 265 g/mol. The third-order valence-corrected chi connectivity index (χ3v) is 3.01. The lowest BCUT2D eigenvalue weighted by molar-refractivity contribution is -0.144. The number of benzene rings is 1. The fourth-order valence-corrected chi connectivity index (χ4v) is 2.22. The largest absolute Gasteiger partial charge is 0.449 e. The van der Waals surface area contributed by atoms with Gasteiger partial charge < -0.3 is 9.97 Å². The Balaban J connectivity index is 2.19. The van der Waals surface area contributed by atoms with E-state index in [-0.39, 0.29) is 0 Å². The van der Waals surface area contributed by atoms with Crippen molar-refractivity contribution in [3.05, 3.63) is 42.0 Å². The van der Waals surface area contributed by atoms with Crippen LogP contribution in [0.5, 0.6) is 0 Å². The first kappa shape index (κ1) is 11.8. The van der Waals surface area contributed by atoms with Gasteiger partial charge in [0.15, 0.2) is 0 Å². The second kappa shape index (κ2) is 3.88. The number of aromatic nitrogens is 3. The molecule has 0 amide bonds. The van der Waals surface area contributed by atoms with E-state index in [1.54, 1.807) is 0 Å². The van der Waals surface area contributed by atoms with Crippen molar-refractivity contribution < 1.29 is 13.2 Å². The topological polar surface area (TPSA) is 44.5 Å². The summed E-state index contributed by atoms with van der Waals surface area (Å²) in [5.74, 6) is -0.979. The molecular formula is C13H10F3N3. The Labute approximate surface area is 106 Å². The molecule has 0 fully saturated rings. The van der Waals surface area contributed by atoms with Gasteiger partial charge in [0, 0.05) is 22.2 Å². The molecular weight excluding hydrogens is 255 g/mol. The van der Waals surface area contributed by atoms with Crippen molar-refractivity contribution in [2.24, 2.45) is 0 Å². The highest BCUT2D eigenvalue weighted by Gasteiger charge is 2.34. The lowest BCUT2D eigenvalue weighted by Crippen LogP contribution is -2.07. The summed E-state index contributed by atoms with van der Waals surface area (Å²) in [6.07, 6.45) is -3.25. The molecule has 2 aromatic heterocycles. The quantitative estimate of drug-likeness (QED) is 0.689. The van der Waals surface area contributed by atoms with Gasteiger partial charge in [0.25, 0.3) is 0 Å². The molecule has 2 N–H and O–H groups in total. The molecule has 0 radical (unpaired) electrons.